The van der Waals surface area contributed by atoms with Gasteiger partial charge in [0, 0.05) is 32.8 Å². The summed E-state index contributed by atoms with van der Waals surface area (Å²) >= 11 is 0. The number of likely N-dealkylation sites (tertiary alicyclic amines) is 1. The maximum absolute atomic E-state index is 13.9. The van der Waals surface area contributed by atoms with E-state index in [0.717, 1.165) is 51.7 Å². The number of carbonyl (C=O) groups excluding carboxylic acids is 1. The van der Waals surface area contributed by atoms with Gasteiger partial charge in [0.05, 0.1) is 5.69 Å². The van der Waals surface area contributed by atoms with Crippen LogP contribution in [-0.2, 0) is 9.53 Å². The largest absolute Gasteiger partial charge is 0.375 e. The first-order valence-corrected chi connectivity index (χ1v) is 9.87. The van der Waals surface area contributed by atoms with Gasteiger partial charge in [0.1, 0.15) is 24.1 Å². The van der Waals surface area contributed by atoms with E-state index < -0.39 is 5.82 Å². The van der Waals surface area contributed by atoms with Crippen molar-refractivity contribution < 1.29 is 13.9 Å². The third-order valence-electron chi connectivity index (χ3n) is 5.92. The van der Waals surface area contributed by atoms with Crippen LogP contribution in [0.3, 0.4) is 0 Å². The maximum atomic E-state index is 13.9. The monoisotopic (exact) mass is 373 g/mol. The van der Waals surface area contributed by atoms with E-state index in [-0.39, 0.29) is 24.1 Å². The van der Waals surface area contributed by atoms with E-state index in [2.05, 4.69) is 4.90 Å². The highest BCUT2D eigenvalue weighted by atomic mass is 19.1. The van der Waals surface area contributed by atoms with Crippen molar-refractivity contribution in [3.63, 3.8) is 0 Å². The Morgan fingerprint density at radius 2 is 2.00 bits per heavy atom. The van der Waals surface area contributed by atoms with Crippen LogP contribution in [0.1, 0.15) is 44.1 Å². The lowest BCUT2D eigenvalue weighted by Crippen LogP contribution is -2.49. The van der Waals surface area contributed by atoms with Gasteiger partial charge in [-0.15, -0.1) is 0 Å². The van der Waals surface area contributed by atoms with Gasteiger partial charge in [0.2, 0.25) is 5.91 Å². The summed E-state index contributed by atoms with van der Waals surface area (Å²) in [6, 6.07) is 7.08. The van der Waals surface area contributed by atoms with Crippen LogP contribution in [0.15, 0.2) is 18.2 Å². The molecule has 0 aliphatic carbocycles. The Hall–Kier alpha value is -2.13. The smallest absolute Gasteiger partial charge is 0.248 e. The van der Waals surface area contributed by atoms with Crippen LogP contribution in [0.25, 0.3) is 0 Å². The zero-order valence-electron chi connectivity index (χ0n) is 16.0. The molecule has 2 fully saturated rings. The fraction of sp³-hybridized carbons (Fsp3) is 0.619. The van der Waals surface area contributed by atoms with E-state index >= 15 is 0 Å². The summed E-state index contributed by atoms with van der Waals surface area (Å²) in [4.78, 5) is 16.7. The lowest BCUT2D eigenvalue weighted by Gasteiger charge is -2.41. The first kappa shape index (κ1) is 19.6. The van der Waals surface area contributed by atoms with Crippen LogP contribution in [0.4, 0.5) is 10.1 Å². The Balaban J connectivity index is 1.69. The number of anilines is 1. The summed E-state index contributed by atoms with van der Waals surface area (Å²) in [6.45, 7) is 2.52. The molecule has 6 heteroatoms. The maximum Gasteiger partial charge on any atom is 0.248 e. The number of nitrogens with zero attached hydrogens (tertiary/aromatic N) is 3. The molecule has 2 heterocycles. The molecule has 27 heavy (non-hydrogen) atoms. The van der Waals surface area contributed by atoms with Crippen molar-refractivity contribution in [1.29, 1.82) is 5.26 Å². The van der Waals surface area contributed by atoms with E-state index in [1.165, 1.54) is 12.5 Å². The van der Waals surface area contributed by atoms with Gasteiger partial charge in [-0.3, -0.25) is 4.79 Å². The van der Waals surface area contributed by atoms with Crippen LogP contribution in [0.5, 0.6) is 0 Å². The molecule has 5 nitrogen and oxygen atoms in total. The van der Waals surface area contributed by atoms with Crippen LogP contribution >= 0.6 is 0 Å². The van der Waals surface area contributed by atoms with Crippen LogP contribution in [0, 0.1) is 23.1 Å². The van der Waals surface area contributed by atoms with Crippen molar-refractivity contribution in [3.8, 4) is 6.07 Å². The zero-order chi connectivity index (χ0) is 19.2. The first-order chi connectivity index (χ1) is 13.2. The number of ether oxygens (including phenoxy) is 1. The molecule has 0 aromatic heterocycles. The van der Waals surface area contributed by atoms with Gasteiger partial charge < -0.3 is 14.5 Å². The highest BCUT2D eigenvalue weighted by Crippen LogP contribution is 2.33. The van der Waals surface area contributed by atoms with Gasteiger partial charge in [0.15, 0.2) is 0 Å². The average molecular weight is 373 g/mol. The molecule has 1 atom stereocenters. The quantitative estimate of drug-likeness (QED) is 0.812. The minimum absolute atomic E-state index is 0.0868. The predicted octanol–water partition coefficient (Wildman–Crippen LogP) is 3.33. The van der Waals surface area contributed by atoms with Crippen LogP contribution < -0.4 is 4.90 Å². The van der Waals surface area contributed by atoms with Crippen molar-refractivity contribution in [2.24, 2.45) is 5.92 Å². The second-order valence-electron chi connectivity index (χ2n) is 7.51. The fourth-order valence-corrected chi connectivity index (χ4v) is 4.55. The number of hydrogen-bond acceptors (Lipinski definition) is 4. The third-order valence-corrected chi connectivity index (χ3v) is 5.92. The standard InChI is InChI=1S/C21H28FN3O2/c1-27-15-21(26)25-11-4-2-3-7-19(25)16-9-12-24(13-10-16)20-8-5-6-18(22)17(20)14-23/h5-6,8,16,19H,2-4,7,9-13,15H2,1H3/t19-/m0/s1. The Labute approximate surface area is 160 Å². The molecule has 2 saturated heterocycles. The number of amides is 1. The van der Waals surface area contributed by atoms with Crippen LogP contribution in [-0.4, -0.2) is 50.2 Å². The summed E-state index contributed by atoms with van der Waals surface area (Å²) in [6.07, 6.45) is 6.32. The number of rotatable bonds is 4. The molecule has 0 bridgehead atoms. The zero-order valence-corrected chi connectivity index (χ0v) is 16.0. The molecule has 1 aromatic carbocycles. The first-order valence-electron chi connectivity index (χ1n) is 9.87. The summed E-state index contributed by atoms with van der Waals surface area (Å²) in [7, 11) is 1.56. The van der Waals surface area contributed by atoms with Crippen molar-refractivity contribution in [2.45, 2.75) is 44.6 Å². The molecule has 0 saturated carbocycles. The molecule has 3 rings (SSSR count). The van der Waals surface area contributed by atoms with Gasteiger partial charge in [-0.25, -0.2) is 4.39 Å². The molecule has 0 spiro atoms. The molecular formula is C21H28FN3O2. The van der Waals surface area contributed by atoms with Crippen molar-refractivity contribution in [2.75, 3.05) is 38.3 Å². The minimum atomic E-state index is -0.461. The van der Waals surface area contributed by atoms with Gasteiger partial charge in [-0.1, -0.05) is 18.9 Å². The van der Waals surface area contributed by atoms with E-state index in [1.807, 2.05) is 17.0 Å². The number of carbonyl (C=O) groups is 1. The van der Waals surface area contributed by atoms with E-state index in [4.69, 9.17) is 4.74 Å². The normalized spacial score (nSPS) is 21.6. The summed E-state index contributed by atoms with van der Waals surface area (Å²) < 4.78 is 19.0. The number of halogens is 1. The number of nitriles is 1. The molecule has 0 N–H and O–H groups in total. The second kappa shape index (κ2) is 9.18. The van der Waals surface area contributed by atoms with E-state index in [0.29, 0.717) is 11.6 Å². The molecule has 0 unspecified atom stereocenters. The van der Waals surface area contributed by atoms with Gasteiger partial charge in [-0.05, 0) is 43.7 Å². The predicted molar refractivity (Wildman–Crippen MR) is 102 cm³/mol. The van der Waals surface area contributed by atoms with Crippen molar-refractivity contribution in [1.82, 2.24) is 4.90 Å². The van der Waals surface area contributed by atoms with E-state index in [1.54, 1.807) is 13.2 Å². The molecule has 146 valence electrons. The Morgan fingerprint density at radius 3 is 2.70 bits per heavy atom. The van der Waals surface area contributed by atoms with Crippen LogP contribution in [0.2, 0.25) is 0 Å². The molecule has 1 aromatic rings. The lowest BCUT2D eigenvalue weighted by atomic mass is 9.85. The Bertz CT molecular complexity index is 695. The average Bonchev–Trinajstić information content (AvgIpc) is 2.94. The highest BCUT2D eigenvalue weighted by Gasteiger charge is 2.34. The number of benzene rings is 1. The van der Waals surface area contributed by atoms with Crippen molar-refractivity contribution in [3.05, 3.63) is 29.6 Å². The summed E-state index contributed by atoms with van der Waals surface area (Å²) in [5, 5.41) is 9.29. The van der Waals surface area contributed by atoms with E-state index in [9.17, 15) is 14.4 Å². The molecule has 2 aliphatic rings. The van der Waals surface area contributed by atoms with Gasteiger partial charge in [-0.2, -0.15) is 5.26 Å². The number of hydrogen-bond donors (Lipinski definition) is 0. The lowest BCUT2D eigenvalue weighted by molar-refractivity contribution is -0.138. The number of methoxy groups -OCH3 is 1. The van der Waals surface area contributed by atoms with Gasteiger partial charge >= 0.3 is 0 Å². The van der Waals surface area contributed by atoms with Gasteiger partial charge in [0.25, 0.3) is 0 Å². The molecular weight excluding hydrogens is 345 g/mol. The Morgan fingerprint density at radius 1 is 1.22 bits per heavy atom. The summed E-state index contributed by atoms with van der Waals surface area (Å²) in [5.41, 5.74) is 0.812. The SMILES string of the molecule is COCC(=O)N1CCCCC[C@H]1C1CCN(c2cccc(F)c2C#N)CC1. The molecule has 1 amide bonds. The van der Waals surface area contributed by atoms with Crippen molar-refractivity contribution >= 4 is 11.6 Å². The summed E-state index contributed by atoms with van der Waals surface area (Å²) in [5.74, 6) is 0.0696. The third kappa shape index (κ3) is 4.41. The fourth-order valence-electron chi connectivity index (χ4n) is 4.55. The topological polar surface area (TPSA) is 56.6 Å². The molecule has 2 aliphatic heterocycles. The molecule has 0 radical (unpaired) electrons. The highest BCUT2D eigenvalue weighted by molar-refractivity contribution is 5.77. The Kier molecular flexibility index (Phi) is 6.68. The number of piperidine rings is 1. The minimum Gasteiger partial charge on any atom is -0.375 e. The second-order valence-corrected chi connectivity index (χ2v) is 7.51.